The maximum atomic E-state index is 12.0. The summed E-state index contributed by atoms with van der Waals surface area (Å²) in [7, 11) is 0. The third-order valence-corrected chi connectivity index (χ3v) is 2.81. The van der Waals surface area contributed by atoms with Gasteiger partial charge in [0, 0.05) is 25.6 Å². The molecule has 2 heterocycles. The van der Waals surface area contributed by atoms with Gasteiger partial charge in [-0.05, 0) is 12.5 Å². The Hall–Kier alpha value is -1.29. The zero-order valence-corrected chi connectivity index (χ0v) is 8.90. The molecule has 1 aromatic heterocycles. The summed E-state index contributed by atoms with van der Waals surface area (Å²) in [5.41, 5.74) is 6.46. The molecule has 0 radical (unpaired) electrons. The van der Waals surface area contributed by atoms with E-state index in [-0.39, 0.29) is 11.9 Å². The van der Waals surface area contributed by atoms with Crippen LogP contribution < -0.4 is 5.73 Å². The lowest BCUT2D eigenvalue weighted by Crippen LogP contribution is -2.32. The fourth-order valence-electron chi connectivity index (χ4n) is 1.95. The third kappa shape index (κ3) is 1.90. The molecular weight excluding hydrogens is 192 g/mol. The summed E-state index contributed by atoms with van der Waals surface area (Å²) in [5.74, 6) is 0.814. The first-order valence-electron chi connectivity index (χ1n) is 5.33. The van der Waals surface area contributed by atoms with Gasteiger partial charge in [0.05, 0.1) is 11.8 Å². The number of nitrogens with two attached hydrogens (primary N) is 1. The van der Waals surface area contributed by atoms with E-state index in [4.69, 9.17) is 10.2 Å². The summed E-state index contributed by atoms with van der Waals surface area (Å²) in [6.45, 7) is 3.40. The van der Waals surface area contributed by atoms with Gasteiger partial charge >= 0.3 is 0 Å². The fraction of sp³-hybridized carbons (Fsp3) is 0.545. The Bertz CT molecular complexity index is 359. The molecule has 0 aliphatic carbocycles. The molecule has 0 saturated carbocycles. The van der Waals surface area contributed by atoms with Gasteiger partial charge in [0.15, 0.2) is 0 Å². The number of rotatable bonds is 2. The highest BCUT2D eigenvalue weighted by Crippen LogP contribution is 2.17. The second-order valence-corrected chi connectivity index (χ2v) is 3.91. The minimum Gasteiger partial charge on any atom is -0.469 e. The van der Waals surface area contributed by atoms with Crippen molar-refractivity contribution in [2.75, 3.05) is 13.1 Å². The molecule has 4 nitrogen and oxygen atoms in total. The van der Waals surface area contributed by atoms with Gasteiger partial charge in [-0.15, -0.1) is 0 Å². The normalized spacial score (nSPS) is 20.9. The number of hydrogen-bond acceptors (Lipinski definition) is 3. The van der Waals surface area contributed by atoms with E-state index in [9.17, 15) is 4.79 Å². The van der Waals surface area contributed by atoms with Crippen LogP contribution in [0.25, 0.3) is 0 Å². The van der Waals surface area contributed by atoms with E-state index < -0.39 is 0 Å². The molecule has 1 amide bonds. The number of amides is 1. The van der Waals surface area contributed by atoms with Crippen molar-refractivity contribution in [2.45, 2.75) is 25.8 Å². The molecule has 2 rings (SSSR count). The van der Waals surface area contributed by atoms with Crippen molar-refractivity contribution in [3.8, 4) is 0 Å². The number of carbonyl (C=O) groups excluding carboxylic acids is 1. The Morgan fingerprint density at radius 3 is 3.13 bits per heavy atom. The van der Waals surface area contributed by atoms with Crippen molar-refractivity contribution >= 4 is 5.91 Å². The lowest BCUT2D eigenvalue weighted by Gasteiger charge is -2.15. The largest absolute Gasteiger partial charge is 0.469 e. The van der Waals surface area contributed by atoms with E-state index in [1.54, 1.807) is 17.2 Å². The molecule has 1 atom stereocenters. The van der Waals surface area contributed by atoms with Crippen LogP contribution in [0.4, 0.5) is 0 Å². The number of aryl methyl sites for hydroxylation is 1. The van der Waals surface area contributed by atoms with Crippen LogP contribution in [0.5, 0.6) is 0 Å². The first-order valence-corrected chi connectivity index (χ1v) is 5.33. The number of furan rings is 1. The van der Waals surface area contributed by atoms with E-state index in [1.165, 1.54) is 0 Å². The van der Waals surface area contributed by atoms with E-state index in [1.807, 2.05) is 6.92 Å². The molecule has 4 heteroatoms. The Kier molecular flexibility index (Phi) is 2.77. The summed E-state index contributed by atoms with van der Waals surface area (Å²) in [4.78, 5) is 13.8. The van der Waals surface area contributed by atoms with Crippen LogP contribution >= 0.6 is 0 Å². The van der Waals surface area contributed by atoms with E-state index >= 15 is 0 Å². The second-order valence-electron chi connectivity index (χ2n) is 3.91. The molecule has 82 valence electrons. The average Bonchev–Trinajstić information content (AvgIpc) is 2.84. The predicted octanol–water partition coefficient (Wildman–Crippen LogP) is 1.02. The summed E-state index contributed by atoms with van der Waals surface area (Å²) in [5, 5.41) is 0. The van der Waals surface area contributed by atoms with Crippen molar-refractivity contribution < 1.29 is 9.21 Å². The lowest BCUT2D eigenvalue weighted by atomic mass is 10.2. The van der Waals surface area contributed by atoms with Crippen LogP contribution in [0.2, 0.25) is 0 Å². The molecule has 0 aromatic carbocycles. The Balaban J connectivity index is 2.14. The Labute approximate surface area is 89.0 Å². The summed E-state index contributed by atoms with van der Waals surface area (Å²) in [6, 6.07) is 1.87. The lowest BCUT2D eigenvalue weighted by molar-refractivity contribution is 0.0788. The zero-order valence-electron chi connectivity index (χ0n) is 8.90. The fourth-order valence-corrected chi connectivity index (χ4v) is 1.95. The van der Waals surface area contributed by atoms with Gasteiger partial charge in [0.25, 0.3) is 5.91 Å². The number of nitrogens with zero attached hydrogens (tertiary/aromatic N) is 1. The van der Waals surface area contributed by atoms with Gasteiger partial charge in [-0.25, -0.2) is 0 Å². The van der Waals surface area contributed by atoms with E-state index in [0.717, 1.165) is 25.1 Å². The third-order valence-electron chi connectivity index (χ3n) is 2.81. The number of carbonyl (C=O) groups is 1. The van der Waals surface area contributed by atoms with Gasteiger partial charge < -0.3 is 15.1 Å². The van der Waals surface area contributed by atoms with Crippen LogP contribution in [-0.2, 0) is 6.42 Å². The standard InChI is InChI=1S/C11H16N2O2/c1-2-10-9(4-6-15-10)11(14)13-5-3-8(12)7-13/h4,6,8H,2-3,5,7,12H2,1H3/t8-/m1/s1. The average molecular weight is 208 g/mol. The maximum absolute atomic E-state index is 12.0. The minimum atomic E-state index is 0.0496. The Morgan fingerprint density at radius 1 is 1.73 bits per heavy atom. The van der Waals surface area contributed by atoms with Crippen LogP contribution in [0.3, 0.4) is 0 Å². The van der Waals surface area contributed by atoms with Crippen molar-refractivity contribution in [1.29, 1.82) is 0 Å². The quantitative estimate of drug-likeness (QED) is 0.789. The van der Waals surface area contributed by atoms with E-state index in [0.29, 0.717) is 12.1 Å². The molecule has 1 aliphatic heterocycles. The SMILES string of the molecule is CCc1occc1C(=O)N1CC[C@@H](N)C1. The molecule has 1 saturated heterocycles. The highest BCUT2D eigenvalue weighted by atomic mass is 16.3. The van der Waals surface area contributed by atoms with Gasteiger partial charge in [-0.3, -0.25) is 4.79 Å². The van der Waals surface area contributed by atoms with Crippen molar-refractivity contribution in [2.24, 2.45) is 5.73 Å². The predicted molar refractivity (Wildman–Crippen MR) is 56.6 cm³/mol. The first kappa shape index (κ1) is 10.2. The van der Waals surface area contributed by atoms with Crippen molar-refractivity contribution in [3.63, 3.8) is 0 Å². The molecule has 0 bridgehead atoms. The van der Waals surface area contributed by atoms with E-state index in [2.05, 4.69) is 0 Å². The van der Waals surface area contributed by atoms with Crippen LogP contribution in [0, 0.1) is 0 Å². The Morgan fingerprint density at radius 2 is 2.53 bits per heavy atom. The van der Waals surface area contributed by atoms with Crippen molar-refractivity contribution in [3.05, 3.63) is 23.7 Å². The summed E-state index contributed by atoms with van der Waals surface area (Å²) >= 11 is 0. The molecular formula is C11H16N2O2. The molecule has 15 heavy (non-hydrogen) atoms. The molecule has 2 N–H and O–H groups in total. The minimum absolute atomic E-state index is 0.0496. The monoisotopic (exact) mass is 208 g/mol. The van der Waals surface area contributed by atoms with Crippen molar-refractivity contribution in [1.82, 2.24) is 4.90 Å². The maximum Gasteiger partial charge on any atom is 0.257 e. The number of likely N-dealkylation sites (tertiary alicyclic amines) is 1. The van der Waals surface area contributed by atoms with Gasteiger partial charge in [0.2, 0.25) is 0 Å². The van der Waals surface area contributed by atoms with Crippen LogP contribution in [-0.4, -0.2) is 29.9 Å². The second kappa shape index (κ2) is 4.06. The summed E-state index contributed by atoms with van der Waals surface area (Å²) < 4.78 is 5.24. The molecule has 1 aromatic rings. The van der Waals surface area contributed by atoms with Gasteiger partial charge in [-0.2, -0.15) is 0 Å². The first-order chi connectivity index (χ1) is 7.22. The van der Waals surface area contributed by atoms with Crippen LogP contribution in [0.15, 0.2) is 16.7 Å². The smallest absolute Gasteiger partial charge is 0.257 e. The number of hydrogen-bond donors (Lipinski definition) is 1. The van der Waals surface area contributed by atoms with Crippen LogP contribution in [0.1, 0.15) is 29.5 Å². The molecule has 1 aliphatic rings. The zero-order chi connectivity index (χ0) is 10.8. The molecule has 1 fully saturated rings. The summed E-state index contributed by atoms with van der Waals surface area (Å²) in [6.07, 6.45) is 3.21. The highest BCUT2D eigenvalue weighted by molar-refractivity contribution is 5.95. The highest BCUT2D eigenvalue weighted by Gasteiger charge is 2.26. The molecule has 0 spiro atoms. The van der Waals surface area contributed by atoms with Gasteiger partial charge in [-0.1, -0.05) is 6.92 Å². The molecule has 0 unspecified atom stereocenters. The topological polar surface area (TPSA) is 59.5 Å². The van der Waals surface area contributed by atoms with Gasteiger partial charge in [0.1, 0.15) is 5.76 Å².